The summed E-state index contributed by atoms with van der Waals surface area (Å²) < 4.78 is 17.0. The van der Waals surface area contributed by atoms with Gasteiger partial charge in [0, 0.05) is 50.8 Å². The van der Waals surface area contributed by atoms with Gasteiger partial charge >= 0.3 is 0 Å². The fourth-order valence-corrected chi connectivity index (χ4v) is 5.20. The molecule has 0 saturated carbocycles. The number of halogens is 1. The van der Waals surface area contributed by atoms with Gasteiger partial charge in [0.1, 0.15) is 11.6 Å². The number of carbonyl (C=O) groups excluding carboxylic acids is 1. The number of carbonyl (C=O) groups is 1. The summed E-state index contributed by atoms with van der Waals surface area (Å²) in [6.45, 7) is 7.41. The lowest BCUT2D eigenvalue weighted by atomic mass is 9.99. The molecule has 1 aliphatic rings. The number of aryl methyl sites for hydroxylation is 2. The molecular weight excluding hydrogens is 662 g/mol. The van der Waals surface area contributed by atoms with Crippen LogP contribution in [0.15, 0.2) is 65.6 Å². The first-order valence-corrected chi connectivity index (χ1v) is 17.1. The van der Waals surface area contributed by atoms with Crippen molar-refractivity contribution in [1.29, 1.82) is 0 Å². The van der Waals surface area contributed by atoms with Crippen LogP contribution < -0.4 is 20.5 Å². The largest absolute Gasteiger partial charge is 0.480 e. The molecular formula is C37H46ClN5O7. The Kier molecular flexibility index (Phi) is 15.2. The number of benzene rings is 2. The van der Waals surface area contributed by atoms with Gasteiger partial charge < -0.3 is 39.2 Å². The van der Waals surface area contributed by atoms with Crippen LogP contribution in [0.25, 0.3) is 16.5 Å². The second-order valence-corrected chi connectivity index (χ2v) is 12.0. The third-order valence-corrected chi connectivity index (χ3v) is 8.21. The van der Waals surface area contributed by atoms with Gasteiger partial charge in [-0.2, -0.15) is 4.98 Å². The van der Waals surface area contributed by atoms with Gasteiger partial charge in [-0.25, -0.2) is 4.98 Å². The van der Waals surface area contributed by atoms with E-state index in [1.54, 1.807) is 26.2 Å². The number of nitrogens with one attached hydrogen (secondary N) is 1. The molecule has 3 heterocycles. The van der Waals surface area contributed by atoms with Gasteiger partial charge in [0.25, 0.3) is 5.56 Å². The van der Waals surface area contributed by atoms with E-state index in [2.05, 4.69) is 52.5 Å². The van der Waals surface area contributed by atoms with Crippen LogP contribution in [0.2, 0.25) is 5.02 Å². The van der Waals surface area contributed by atoms with Crippen LogP contribution in [0.5, 0.6) is 5.75 Å². The number of aliphatic hydroxyl groups excluding tert-OH is 2. The van der Waals surface area contributed by atoms with E-state index in [0.29, 0.717) is 62.6 Å². The van der Waals surface area contributed by atoms with Crippen LogP contribution in [0.4, 0.5) is 17.5 Å². The highest BCUT2D eigenvalue weighted by molar-refractivity contribution is 6.32. The fraction of sp³-hybridized carbons (Fsp3) is 0.405. The summed E-state index contributed by atoms with van der Waals surface area (Å²) in [6.07, 6.45) is 5.74. The van der Waals surface area contributed by atoms with E-state index >= 15 is 0 Å². The third kappa shape index (κ3) is 11.1. The number of fused-ring (bicyclic) bond motifs is 1. The molecule has 13 heteroatoms. The predicted octanol–water partition coefficient (Wildman–Crippen LogP) is 5.08. The molecule has 12 nitrogen and oxygen atoms in total. The van der Waals surface area contributed by atoms with Crippen molar-refractivity contribution in [3.8, 4) is 5.75 Å². The average molecular weight is 708 g/mol. The van der Waals surface area contributed by atoms with Crippen molar-refractivity contribution >= 4 is 51.3 Å². The lowest BCUT2D eigenvalue weighted by molar-refractivity contribution is -0.120. The molecule has 0 bridgehead atoms. The summed E-state index contributed by atoms with van der Waals surface area (Å²) >= 11 is 6.46. The maximum absolute atomic E-state index is 12.7. The Balaban J connectivity index is 0.000000442. The molecule has 50 heavy (non-hydrogen) atoms. The SMILES string of the molecule is CCC(=O)COc1cc2cc(Nc3nc(N4CC=C(c5ccc(C)cc5)CC4)ncc3Cl)ccc2n(C)c1=O.OCCCOCCOCCO. The van der Waals surface area contributed by atoms with Crippen molar-refractivity contribution in [2.75, 3.05) is 69.6 Å². The number of aliphatic hydroxyl groups is 2. The molecule has 0 fully saturated rings. The molecule has 0 amide bonds. The normalized spacial score (nSPS) is 12.7. The number of rotatable bonds is 16. The molecule has 0 spiro atoms. The Labute approximate surface area is 297 Å². The van der Waals surface area contributed by atoms with Gasteiger partial charge in [-0.1, -0.05) is 54.4 Å². The summed E-state index contributed by atoms with van der Waals surface area (Å²) in [6, 6.07) is 15.9. The Bertz CT molecular complexity index is 1790. The summed E-state index contributed by atoms with van der Waals surface area (Å²) in [5.41, 5.74) is 5.00. The Morgan fingerprint density at radius 1 is 1.02 bits per heavy atom. The zero-order valence-corrected chi connectivity index (χ0v) is 29.6. The van der Waals surface area contributed by atoms with Crippen LogP contribution in [0, 0.1) is 6.92 Å². The van der Waals surface area contributed by atoms with Crippen molar-refractivity contribution in [2.45, 2.75) is 33.1 Å². The van der Waals surface area contributed by atoms with E-state index in [1.807, 2.05) is 18.2 Å². The van der Waals surface area contributed by atoms with Gasteiger partial charge in [-0.3, -0.25) is 9.59 Å². The maximum atomic E-state index is 12.7. The molecule has 0 aliphatic carbocycles. The summed E-state index contributed by atoms with van der Waals surface area (Å²) in [5, 5.41) is 21.1. The van der Waals surface area contributed by atoms with Gasteiger partial charge in [-0.15, -0.1) is 0 Å². The number of anilines is 3. The smallest absolute Gasteiger partial charge is 0.293 e. The van der Waals surface area contributed by atoms with E-state index < -0.39 is 0 Å². The number of Topliss-reactive ketones (excluding diaryl/α,β-unsaturated/α-hetero) is 1. The summed E-state index contributed by atoms with van der Waals surface area (Å²) in [7, 11) is 1.68. The van der Waals surface area contributed by atoms with Crippen molar-refractivity contribution in [1.82, 2.24) is 14.5 Å². The van der Waals surface area contributed by atoms with Crippen molar-refractivity contribution < 1.29 is 29.2 Å². The van der Waals surface area contributed by atoms with E-state index in [0.717, 1.165) is 29.6 Å². The number of hydrogen-bond acceptors (Lipinski definition) is 11. The van der Waals surface area contributed by atoms with E-state index in [1.165, 1.54) is 21.3 Å². The Hall–Kier alpha value is -4.33. The standard InChI is InChI=1S/C30H30ClN5O3.C7H16O4/c1-4-24(37)18-39-27-16-22-15-23(9-10-26(22)35(3)29(27)38)33-28-25(31)17-32-30(34-28)36-13-11-21(12-14-36)20-7-5-19(2)6-8-20;8-2-1-4-10-6-7-11-5-3-9/h5-11,15-17H,4,12-14,18H2,1-3H3,(H,32,33,34);8-9H,1-7H2. The maximum Gasteiger partial charge on any atom is 0.293 e. The quantitative estimate of drug-likeness (QED) is 0.134. The molecule has 4 aromatic rings. The van der Waals surface area contributed by atoms with E-state index in [9.17, 15) is 9.59 Å². The number of hydrogen-bond donors (Lipinski definition) is 3. The lowest BCUT2D eigenvalue weighted by Crippen LogP contribution is -2.30. The Morgan fingerprint density at radius 3 is 2.46 bits per heavy atom. The highest BCUT2D eigenvalue weighted by atomic mass is 35.5. The summed E-state index contributed by atoms with van der Waals surface area (Å²) in [4.78, 5) is 35.7. The number of aromatic nitrogens is 3. The summed E-state index contributed by atoms with van der Waals surface area (Å²) in [5.74, 6) is 1.15. The van der Waals surface area contributed by atoms with Gasteiger partial charge in [0.05, 0.1) is 38.1 Å². The highest BCUT2D eigenvalue weighted by Gasteiger charge is 2.18. The van der Waals surface area contributed by atoms with E-state index in [-0.39, 0.29) is 36.9 Å². The molecule has 268 valence electrons. The fourth-order valence-electron chi connectivity index (χ4n) is 5.06. The van der Waals surface area contributed by atoms with Crippen LogP contribution in [0.3, 0.4) is 0 Å². The highest BCUT2D eigenvalue weighted by Crippen LogP contribution is 2.29. The van der Waals surface area contributed by atoms with Crippen molar-refractivity contribution in [2.24, 2.45) is 7.05 Å². The first kappa shape index (κ1) is 38.5. The molecule has 2 aromatic heterocycles. The minimum atomic E-state index is -0.295. The first-order chi connectivity index (χ1) is 24.2. The molecule has 0 unspecified atom stereocenters. The Morgan fingerprint density at radius 2 is 1.78 bits per heavy atom. The minimum Gasteiger partial charge on any atom is -0.480 e. The lowest BCUT2D eigenvalue weighted by Gasteiger charge is -2.27. The van der Waals surface area contributed by atoms with E-state index in [4.69, 9.17) is 41.0 Å². The zero-order chi connectivity index (χ0) is 35.9. The van der Waals surface area contributed by atoms with Crippen LogP contribution in [-0.4, -0.2) is 89.9 Å². The number of pyridine rings is 1. The van der Waals surface area contributed by atoms with Gasteiger partial charge in [0.15, 0.2) is 17.4 Å². The van der Waals surface area contributed by atoms with Crippen molar-refractivity contribution in [3.05, 3.63) is 87.3 Å². The van der Waals surface area contributed by atoms with Crippen LogP contribution >= 0.6 is 11.6 Å². The second-order valence-electron chi connectivity index (χ2n) is 11.6. The monoisotopic (exact) mass is 707 g/mol. The second kappa shape index (κ2) is 19.8. The average Bonchev–Trinajstić information content (AvgIpc) is 3.13. The number of ether oxygens (including phenoxy) is 3. The van der Waals surface area contributed by atoms with Crippen LogP contribution in [0.1, 0.15) is 37.3 Å². The molecule has 0 radical (unpaired) electrons. The molecule has 1 aliphatic heterocycles. The number of ketones is 1. The molecule has 3 N–H and O–H groups in total. The minimum absolute atomic E-state index is 0.0522. The topological polar surface area (TPSA) is 148 Å². The van der Waals surface area contributed by atoms with Crippen LogP contribution in [-0.2, 0) is 21.3 Å². The molecule has 0 atom stereocenters. The molecule has 2 aromatic carbocycles. The third-order valence-electron chi connectivity index (χ3n) is 7.94. The van der Waals surface area contributed by atoms with Crippen molar-refractivity contribution in [3.63, 3.8) is 0 Å². The first-order valence-electron chi connectivity index (χ1n) is 16.7. The van der Waals surface area contributed by atoms with Gasteiger partial charge in [-0.05, 0) is 55.2 Å². The zero-order valence-electron chi connectivity index (χ0n) is 28.9. The molecule has 5 rings (SSSR count). The molecule has 0 saturated heterocycles. The van der Waals surface area contributed by atoms with Gasteiger partial charge in [0.2, 0.25) is 5.95 Å². The number of nitrogens with zero attached hydrogens (tertiary/aromatic N) is 4. The predicted molar refractivity (Wildman–Crippen MR) is 197 cm³/mol.